The van der Waals surface area contributed by atoms with E-state index in [1.165, 1.54) is 27.7 Å². The third-order valence-corrected chi connectivity index (χ3v) is 7.00. The second kappa shape index (κ2) is 7.77. The number of fused-ring (bicyclic) bond motifs is 3. The Morgan fingerprint density at radius 2 is 1.73 bits per heavy atom. The van der Waals surface area contributed by atoms with Crippen molar-refractivity contribution in [2.45, 2.75) is 31.2 Å². The normalized spacial score (nSPS) is 21.0. The Morgan fingerprint density at radius 3 is 2.53 bits per heavy atom. The smallest absolute Gasteiger partial charge is 0.0564 e. The van der Waals surface area contributed by atoms with Gasteiger partial charge in [-0.2, -0.15) is 0 Å². The molecule has 0 amide bonds. The maximum Gasteiger partial charge on any atom is 0.0564 e. The molecule has 0 bridgehead atoms. The summed E-state index contributed by atoms with van der Waals surface area (Å²) < 4.78 is 0. The molecule has 0 aliphatic carbocycles. The summed E-state index contributed by atoms with van der Waals surface area (Å²) in [4.78, 5) is 3.74. The van der Waals surface area contributed by atoms with Crippen LogP contribution in [0.15, 0.2) is 72.8 Å². The van der Waals surface area contributed by atoms with Crippen LogP contribution in [0.5, 0.6) is 0 Å². The fourth-order valence-electron chi connectivity index (χ4n) is 4.78. The molecular weight excluding hydrogens is 411 g/mol. The standard InChI is InChI=1S/C26H24Cl2N2/c1-26(14-13-17-7-3-2-4-8-17)25-24(20-9-5-6-10-23(20)30-25)21(16-29-26)19-12-11-18(27)15-22(19)28/h2-12,15,21,29-30H,13-14,16H2,1H3. The van der Waals surface area contributed by atoms with Gasteiger partial charge in [0.15, 0.2) is 0 Å². The third-order valence-electron chi connectivity index (χ3n) is 6.44. The zero-order chi connectivity index (χ0) is 20.7. The predicted octanol–water partition coefficient (Wildman–Crippen LogP) is 7.06. The van der Waals surface area contributed by atoms with Crippen LogP contribution in [0.2, 0.25) is 10.0 Å². The summed E-state index contributed by atoms with van der Waals surface area (Å²) in [5.41, 5.74) is 6.13. The molecule has 152 valence electrons. The Kier molecular flexibility index (Phi) is 5.10. The van der Waals surface area contributed by atoms with Gasteiger partial charge in [-0.05, 0) is 54.7 Å². The molecule has 2 unspecified atom stereocenters. The van der Waals surface area contributed by atoms with Gasteiger partial charge >= 0.3 is 0 Å². The summed E-state index contributed by atoms with van der Waals surface area (Å²) in [6.07, 6.45) is 2.03. The van der Waals surface area contributed by atoms with Crippen molar-refractivity contribution in [3.8, 4) is 0 Å². The van der Waals surface area contributed by atoms with Gasteiger partial charge in [-0.25, -0.2) is 0 Å². The van der Waals surface area contributed by atoms with Crippen molar-refractivity contribution >= 4 is 34.1 Å². The molecule has 4 aromatic rings. The number of halogens is 2. The molecule has 2 heterocycles. The number of H-pyrrole nitrogens is 1. The SMILES string of the molecule is CC1(CCc2ccccc2)NCC(c2ccc(Cl)cc2Cl)c2c1[nH]c1ccccc21. The van der Waals surface area contributed by atoms with E-state index in [-0.39, 0.29) is 11.5 Å². The minimum Gasteiger partial charge on any atom is -0.357 e. The number of benzene rings is 3. The van der Waals surface area contributed by atoms with Crippen molar-refractivity contribution in [1.29, 1.82) is 0 Å². The number of para-hydroxylation sites is 1. The molecule has 0 saturated carbocycles. The van der Waals surface area contributed by atoms with Crippen LogP contribution in [-0.2, 0) is 12.0 Å². The van der Waals surface area contributed by atoms with Crippen LogP contribution < -0.4 is 5.32 Å². The van der Waals surface area contributed by atoms with Gasteiger partial charge in [0, 0.05) is 39.1 Å². The highest BCUT2D eigenvalue weighted by atomic mass is 35.5. The van der Waals surface area contributed by atoms with Gasteiger partial charge < -0.3 is 10.3 Å². The number of aromatic amines is 1. The minimum absolute atomic E-state index is 0.139. The average Bonchev–Trinajstić information content (AvgIpc) is 3.15. The number of nitrogens with one attached hydrogen (secondary N) is 2. The largest absolute Gasteiger partial charge is 0.357 e. The van der Waals surface area contributed by atoms with E-state index in [4.69, 9.17) is 23.2 Å². The van der Waals surface area contributed by atoms with E-state index >= 15 is 0 Å². The molecular formula is C26H24Cl2N2. The van der Waals surface area contributed by atoms with Gasteiger partial charge in [0.1, 0.15) is 0 Å². The van der Waals surface area contributed by atoms with Crippen LogP contribution >= 0.6 is 23.2 Å². The van der Waals surface area contributed by atoms with E-state index in [0.29, 0.717) is 5.02 Å². The lowest BCUT2D eigenvalue weighted by molar-refractivity contribution is 0.306. The molecule has 2 atom stereocenters. The number of rotatable bonds is 4. The maximum absolute atomic E-state index is 6.64. The predicted molar refractivity (Wildman–Crippen MR) is 127 cm³/mol. The van der Waals surface area contributed by atoms with Crippen LogP contribution in [0, 0.1) is 0 Å². The summed E-state index contributed by atoms with van der Waals surface area (Å²) in [6, 6.07) is 25.1. The fraction of sp³-hybridized carbons (Fsp3) is 0.231. The quantitative estimate of drug-likeness (QED) is 0.353. The van der Waals surface area contributed by atoms with E-state index in [9.17, 15) is 0 Å². The first-order valence-corrected chi connectivity index (χ1v) is 11.2. The van der Waals surface area contributed by atoms with Gasteiger partial charge in [0.05, 0.1) is 5.54 Å². The molecule has 1 aliphatic rings. The summed E-state index contributed by atoms with van der Waals surface area (Å²) in [5.74, 6) is 0.172. The average molecular weight is 435 g/mol. The van der Waals surface area contributed by atoms with Crippen LogP contribution in [0.25, 0.3) is 10.9 Å². The van der Waals surface area contributed by atoms with Crippen LogP contribution in [-0.4, -0.2) is 11.5 Å². The van der Waals surface area contributed by atoms with E-state index in [1.54, 1.807) is 0 Å². The first-order chi connectivity index (χ1) is 14.5. The molecule has 0 spiro atoms. The number of aromatic nitrogens is 1. The first kappa shape index (κ1) is 19.7. The van der Waals surface area contributed by atoms with Gasteiger partial charge in [-0.1, -0.05) is 77.8 Å². The lowest BCUT2D eigenvalue weighted by Crippen LogP contribution is -2.47. The molecule has 1 aromatic heterocycles. The lowest BCUT2D eigenvalue weighted by Gasteiger charge is -2.39. The van der Waals surface area contributed by atoms with Crippen LogP contribution in [0.3, 0.4) is 0 Å². The highest BCUT2D eigenvalue weighted by molar-refractivity contribution is 6.35. The maximum atomic E-state index is 6.64. The van der Waals surface area contributed by atoms with Gasteiger partial charge in [-0.15, -0.1) is 0 Å². The molecule has 0 radical (unpaired) electrons. The first-order valence-electron chi connectivity index (χ1n) is 10.4. The van der Waals surface area contributed by atoms with Gasteiger partial charge in [0.2, 0.25) is 0 Å². The topological polar surface area (TPSA) is 27.8 Å². The van der Waals surface area contributed by atoms with Crippen molar-refractivity contribution in [3.05, 3.63) is 105 Å². The second-order valence-electron chi connectivity index (χ2n) is 8.38. The van der Waals surface area contributed by atoms with Gasteiger partial charge in [0.25, 0.3) is 0 Å². The van der Waals surface area contributed by atoms with Crippen molar-refractivity contribution in [3.63, 3.8) is 0 Å². The minimum atomic E-state index is -0.139. The summed E-state index contributed by atoms with van der Waals surface area (Å²) in [6.45, 7) is 3.14. The van der Waals surface area contributed by atoms with Crippen LogP contribution in [0.1, 0.15) is 41.6 Å². The van der Waals surface area contributed by atoms with Crippen molar-refractivity contribution < 1.29 is 0 Å². The Bertz CT molecular complexity index is 1200. The summed E-state index contributed by atoms with van der Waals surface area (Å²) in [7, 11) is 0. The lowest BCUT2D eigenvalue weighted by atomic mass is 9.77. The van der Waals surface area contributed by atoms with Crippen molar-refractivity contribution in [1.82, 2.24) is 10.3 Å². The van der Waals surface area contributed by atoms with E-state index < -0.39 is 0 Å². The van der Waals surface area contributed by atoms with Crippen LogP contribution in [0.4, 0.5) is 0 Å². The van der Waals surface area contributed by atoms with Crippen molar-refractivity contribution in [2.24, 2.45) is 0 Å². The Morgan fingerprint density at radius 1 is 0.967 bits per heavy atom. The van der Waals surface area contributed by atoms with Gasteiger partial charge in [-0.3, -0.25) is 0 Å². The highest BCUT2D eigenvalue weighted by Crippen LogP contribution is 2.45. The summed E-state index contributed by atoms with van der Waals surface area (Å²) in [5, 5.41) is 6.51. The third kappa shape index (κ3) is 3.43. The Labute approximate surface area is 187 Å². The highest BCUT2D eigenvalue weighted by Gasteiger charge is 2.39. The molecule has 2 nitrogen and oxygen atoms in total. The second-order valence-corrected chi connectivity index (χ2v) is 9.22. The molecule has 0 fully saturated rings. The fourth-order valence-corrected chi connectivity index (χ4v) is 5.32. The zero-order valence-electron chi connectivity index (χ0n) is 16.9. The number of hydrogen-bond acceptors (Lipinski definition) is 1. The molecule has 30 heavy (non-hydrogen) atoms. The number of hydrogen-bond donors (Lipinski definition) is 2. The molecule has 1 aliphatic heterocycles. The van der Waals surface area contributed by atoms with Crippen molar-refractivity contribution in [2.75, 3.05) is 6.54 Å². The monoisotopic (exact) mass is 434 g/mol. The van der Waals surface area contributed by atoms with E-state index in [1.807, 2.05) is 12.1 Å². The summed E-state index contributed by atoms with van der Waals surface area (Å²) >= 11 is 12.8. The number of aryl methyl sites for hydroxylation is 1. The Hall–Kier alpha value is -2.26. The molecule has 2 N–H and O–H groups in total. The zero-order valence-corrected chi connectivity index (χ0v) is 18.4. The molecule has 0 saturated heterocycles. The Balaban J connectivity index is 1.60. The molecule has 3 aromatic carbocycles. The molecule has 5 rings (SSSR count). The molecule has 4 heteroatoms. The van der Waals surface area contributed by atoms with E-state index in [2.05, 4.69) is 77.9 Å². The van der Waals surface area contributed by atoms with E-state index in [0.717, 1.165) is 30.0 Å².